The molecular formula is C14H12ClN3O4. The first-order valence-corrected chi connectivity index (χ1v) is 6.67. The van der Waals surface area contributed by atoms with Gasteiger partial charge >= 0.3 is 5.69 Å². The van der Waals surface area contributed by atoms with Crippen LogP contribution in [0.25, 0.3) is 0 Å². The molecule has 0 saturated heterocycles. The van der Waals surface area contributed by atoms with E-state index in [2.05, 4.69) is 10.3 Å². The highest BCUT2D eigenvalue weighted by atomic mass is 35.5. The highest BCUT2D eigenvalue weighted by Crippen LogP contribution is 2.26. The lowest BCUT2D eigenvalue weighted by Crippen LogP contribution is -2.30. The fourth-order valence-corrected chi connectivity index (χ4v) is 1.74. The van der Waals surface area contributed by atoms with Gasteiger partial charge in [-0.15, -0.1) is 0 Å². The van der Waals surface area contributed by atoms with Crippen LogP contribution in [-0.2, 0) is 4.79 Å². The number of ether oxygens (including phenoxy) is 1. The van der Waals surface area contributed by atoms with Gasteiger partial charge in [0.1, 0.15) is 5.82 Å². The number of carbonyl (C=O) groups is 1. The van der Waals surface area contributed by atoms with Crippen LogP contribution in [0.4, 0.5) is 11.5 Å². The van der Waals surface area contributed by atoms with Gasteiger partial charge in [-0.25, -0.2) is 4.98 Å². The maximum absolute atomic E-state index is 12.0. The molecule has 0 radical (unpaired) electrons. The average Bonchev–Trinajstić information content (AvgIpc) is 2.49. The fraction of sp³-hybridized carbons (Fsp3) is 0.143. The Morgan fingerprint density at radius 1 is 1.36 bits per heavy atom. The number of benzene rings is 1. The minimum Gasteiger partial charge on any atom is -0.474 e. The van der Waals surface area contributed by atoms with E-state index in [9.17, 15) is 14.9 Å². The maximum Gasteiger partial charge on any atom is 0.310 e. The molecule has 2 aromatic rings. The van der Waals surface area contributed by atoms with Crippen LogP contribution in [0.2, 0.25) is 5.02 Å². The summed E-state index contributed by atoms with van der Waals surface area (Å²) in [5.74, 6) is -0.139. The van der Waals surface area contributed by atoms with E-state index in [4.69, 9.17) is 16.3 Å². The molecule has 0 fully saturated rings. The summed E-state index contributed by atoms with van der Waals surface area (Å²) in [6.45, 7) is 1.49. The number of hydrogen-bond acceptors (Lipinski definition) is 5. The number of hydrogen-bond donors (Lipinski definition) is 1. The third kappa shape index (κ3) is 3.92. The lowest BCUT2D eigenvalue weighted by atomic mass is 10.3. The van der Waals surface area contributed by atoms with Gasteiger partial charge in [0.05, 0.1) is 9.95 Å². The van der Waals surface area contributed by atoms with Crippen molar-refractivity contribution in [2.75, 3.05) is 5.32 Å². The van der Waals surface area contributed by atoms with Gasteiger partial charge in [-0.05, 0) is 25.1 Å². The number of aromatic nitrogens is 1. The molecule has 1 aromatic carbocycles. The highest BCUT2D eigenvalue weighted by molar-refractivity contribution is 6.30. The van der Waals surface area contributed by atoms with Crippen LogP contribution in [0.5, 0.6) is 5.75 Å². The topological polar surface area (TPSA) is 94.4 Å². The molecule has 0 spiro atoms. The van der Waals surface area contributed by atoms with Crippen molar-refractivity contribution in [3.05, 3.63) is 57.7 Å². The third-order valence-corrected chi connectivity index (χ3v) is 2.94. The number of amides is 1. The second-order valence-corrected chi connectivity index (χ2v) is 4.77. The van der Waals surface area contributed by atoms with Crippen LogP contribution in [0, 0.1) is 10.1 Å². The van der Waals surface area contributed by atoms with Gasteiger partial charge in [-0.3, -0.25) is 14.9 Å². The minimum absolute atomic E-state index is 0.0271. The number of rotatable bonds is 5. The molecular weight excluding hydrogens is 310 g/mol. The van der Waals surface area contributed by atoms with E-state index < -0.39 is 16.9 Å². The number of anilines is 1. The van der Waals surface area contributed by atoms with E-state index in [1.165, 1.54) is 37.4 Å². The number of carbonyl (C=O) groups excluding carboxylic acids is 1. The molecule has 0 aliphatic heterocycles. The first-order chi connectivity index (χ1) is 10.5. The monoisotopic (exact) mass is 321 g/mol. The Morgan fingerprint density at radius 2 is 2.09 bits per heavy atom. The maximum atomic E-state index is 12.0. The zero-order valence-corrected chi connectivity index (χ0v) is 12.3. The lowest BCUT2D eigenvalue weighted by molar-refractivity contribution is -0.386. The van der Waals surface area contributed by atoms with Crippen molar-refractivity contribution < 1.29 is 14.5 Å². The second kappa shape index (κ2) is 6.86. The van der Waals surface area contributed by atoms with Gasteiger partial charge in [-0.2, -0.15) is 0 Å². The number of nitrogens with one attached hydrogen (secondary N) is 1. The van der Waals surface area contributed by atoms with Gasteiger partial charge in [-0.1, -0.05) is 23.7 Å². The molecule has 1 amide bonds. The average molecular weight is 322 g/mol. The number of pyridine rings is 1. The smallest absolute Gasteiger partial charge is 0.310 e. The zero-order valence-electron chi connectivity index (χ0n) is 11.5. The number of halogens is 1. The summed E-state index contributed by atoms with van der Waals surface area (Å²) in [6.07, 6.45) is 0.462. The van der Waals surface area contributed by atoms with Gasteiger partial charge < -0.3 is 10.1 Å². The Balaban J connectivity index is 2.05. The van der Waals surface area contributed by atoms with Crippen molar-refractivity contribution in [1.29, 1.82) is 0 Å². The van der Waals surface area contributed by atoms with E-state index in [1.54, 1.807) is 12.1 Å². The molecule has 0 aliphatic carbocycles. The first kappa shape index (κ1) is 15.7. The molecule has 0 aliphatic rings. The highest BCUT2D eigenvalue weighted by Gasteiger charge is 2.20. The predicted molar refractivity (Wildman–Crippen MR) is 81.1 cm³/mol. The largest absolute Gasteiger partial charge is 0.474 e. The van der Waals surface area contributed by atoms with Crippen molar-refractivity contribution in [2.24, 2.45) is 0 Å². The Morgan fingerprint density at radius 3 is 2.73 bits per heavy atom. The summed E-state index contributed by atoms with van der Waals surface area (Å²) in [7, 11) is 0. The fourth-order valence-electron chi connectivity index (χ4n) is 1.63. The molecule has 7 nitrogen and oxygen atoms in total. The number of para-hydroxylation sites is 2. The minimum atomic E-state index is -0.932. The van der Waals surface area contributed by atoms with E-state index >= 15 is 0 Å². The van der Waals surface area contributed by atoms with Gasteiger partial charge in [0.15, 0.2) is 11.9 Å². The number of nitro benzene ring substituents is 1. The van der Waals surface area contributed by atoms with E-state index in [1.807, 2.05) is 0 Å². The van der Waals surface area contributed by atoms with Gasteiger partial charge in [0.25, 0.3) is 5.91 Å². The van der Waals surface area contributed by atoms with Crippen LogP contribution >= 0.6 is 11.6 Å². The van der Waals surface area contributed by atoms with Gasteiger partial charge in [0, 0.05) is 12.3 Å². The summed E-state index contributed by atoms with van der Waals surface area (Å²) < 4.78 is 5.36. The normalized spacial score (nSPS) is 11.5. The molecule has 1 N–H and O–H groups in total. The van der Waals surface area contributed by atoms with Crippen LogP contribution in [0.15, 0.2) is 42.6 Å². The summed E-state index contributed by atoms with van der Waals surface area (Å²) in [6, 6.07) is 8.97. The standard InChI is InChI=1S/C14H12ClN3O4/c1-9(14(19)17-13-7-6-10(15)8-16-13)22-12-5-3-2-4-11(12)18(20)21/h2-9H,1H3,(H,16,17,19). The lowest BCUT2D eigenvalue weighted by Gasteiger charge is -2.14. The van der Waals surface area contributed by atoms with E-state index in [0.29, 0.717) is 10.8 Å². The summed E-state index contributed by atoms with van der Waals surface area (Å²) in [4.78, 5) is 26.3. The molecule has 22 heavy (non-hydrogen) atoms. The number of nitrogens with zero attached hydrogens (tertiary/aromatic N) is 2. The van der Waals surface area contributed by atoms with Crippen molar-refractivity contribution in [3.63, 3.8) is 0 Å². The van der Waals surface area contributed by atoms with Crippen LogP contribution in [-0.4, -0.2) is 21.9 Å². The van der Waals surface area contributed by atoms with Crippen LogP contribution in [0.1, 0.15) is 6.92 Å². The Kier molecular flexibility index (Phi) is 4.90. The molecule has 1 aromatic heterocycles. The number of nitro groups is 1. The van der Waals surface area contributed by atoms with Crippen molar-refractivity contribution in [1.82, 2.24) is 4.98 Å². The summed E-state index contributed by atoms with van der Waals surface area (Å²) >= 11 is 5.70. The van der Waals surface area contributed by atoms with Crippen molar-refractivity contribution >= 4 is 29.0 Å². The van der Waals surface area contributed by atoms with Crippen LogP contribution < -0.4 is 10.1 Å². The van der Waals surface area contributed by atoms with E-state index in [0.717, 1.165) is 0 Å². The summed E-state index contributed by atoms with van der Waals surface area (Å²) in [5.41, 5.74) is -0.202. The Labute approximate surface area is 131 Å². The molecule has 1 unspecified atom stereocenters. The second-order valence-electron chi connectivity index (χ2n) is 4.34. The van der Waals surface area contributed by atoms with Crippen molar-refractivity contribution in [3.8, 4) is 5.75 Å². The molecule has 0 bridgehead atoms. The van der Waals surface area contributed by atoms with Crippen molar-refractivity contribution in [2.45, 2.75) is 13.0 Å². The van der Waals surface area contributed by atoms with E-state index in [-0.39, 0.29) is 11.4 Å². The quantitative estimate of drug-likeness (QED) is 0.674. The SMILES string of the molecule is CC(Oc1ccccc1[N+](=O)[O-])C(=O)Nc1ccc(Cl)cn1. The Bertz CT molecular complexity index is 691. The zero-order chi connectivity index (χ0) is 16.1. The van der Waals surface area contributed by atoms with Gasteiger partial charge in [0.2, 0.25) is 0 Å². The molecule has 2 rings (SSSR count). The molecule has 0 saturated carbocycles. The molecule has 114 valence electrons. The Hall–Kier alpha value is -2.67. The van der Waals surface area contributed by atoms with Crippen LogP contribution in [0.3, 0.4) is 0 Å². The third-order valence-electron chi connectivity index (χ3n) is 2.71. The molecule has 1 atom stereocenters. The molecule has 1 heterocycles. The summed E-state index contributed by atoms with van der Waals surface area (Å²) in [5, 5.41) is 13.9. The first-order valence-electron chi connectivity index (χ1n) is 6.30. The molecule has 8 heteroatoms. The predicted octanol–water partition coefficient (Wildman–Crippen LogP) is 3.05.